The fourth-order valence-electron chi connectivity index (χ4n) is 5.41. The minimum absolute atomic E-state index is 0.138. The third-order valence-corrected chi connectivity index (χ3v) is 7.39. The Kier molecular flexibility index (Phi) is 10.5. The molecule has 1 saturated heterocycles. The number of ether oxygens (including phenoxy) is 3. The maximum atomic E-state index is 14.1. The summed E-state index contributed by atoms with van der Waals surface area (Å²) < 4.78 is 57.8. The van der Waals surface area contributed by atoms with Crippen LogP contribution in [0, 0.1) is 23.4 Å². The second-order valence-electron chi connectivity index (χ2n) is 10.1. The first-order valence-corrected chi connectivity index (χ1v) is 13.8. The van der Waals surface area contributed by atoms with Gasteiger partial charge in [0.1, 0.15) is 5.82 Å². The number of methoxy groups -OCH3 is 1. The zero-order valence-corrected chi connectivity index (χ0v) is 23.0. The van der Waals surface area contributed by atoms with Gasteiger partial charge in [-0.3, -0.25) is 4.79 Å². The van der Waals surface area contributed by atoms with Crippen LogP contribution in [0.4, 0.5) is 13.2 Å². The Morgan fingerprint density at radius 1 is 0.925 bits per heavy atom. The molecule has 0 saturated carbocycles. The molecular weight excluding hydrogens is 519 g/mol. The van der Waals surface area contributed by atoms with E-state index in [1.165, 1.54) is 24.3 Å². The van der Waals surface area contributed by atoms with Crippen LogP contribution in [0.5, 0.6) is 11.5 Å². The molecule has 3 aromatic rings. The minimum Gasteiger partial charge on any atom is -0.493 e. The van der Waals surface area contributed by atoms with Crippen LogP contribution in [0.15, 0.2) is 60.7 Å². The highest BCUT2D eigenvalue weighted by Crippen LogP contribution is 2.38. The lowest BCUT2D eigenvalue weighted by atomic mass is 9.76. The highest BCUT2D eigenvalue weighted by molar-refractivity contribution is 5.72. The Bertz CT molecular complexity index is 1260. The molecule has 1 aliphatic rings. The summed E-state index contributed by atoms with van der Waals surface area (Å²) in [6, 6.07) is 15.8. The number of hydrogen-bond donors (Lipinski definition) is 0. The van der Waals surface area contributed by atoms with Crippen LogP contribution < -0.4 is 9.47 Å². The van der Waals surface area contributed by atoms with Crippen LogP contribution >= 0.6 is 0 Å². The third-order valence-electron chi connectivity index (χ3n) is 7.39. The van der Waals surface area contributed by atoms with Gasteiger partial charge in [-0.15, -0.1) is 0 Å². The monoisotopic (exact) mass is 555 g/mol. The SMILES string of the molecule is CCOC(=O)Cc1ccc(OCCCN2CCC(C(c3ccc(F)cc3)c3ccc(F)c(F)c3)CC2)c(OC)c1. The third kappa shape index (κ3) is 7.78. The summed E-state index contributed by atoms with van der Waals surface area (Å²) in [6.45, 7) is 5.25. The van der Waals surface area contributed by atoms with E-state index in [-0.39, 0.29) is 30.0 Å². The topological polar surface area (TPSA) is 48.0 Å². The van der Waals surface area contributed by atoms with Crippen molar-refractivity contribution in [2.24, 2.45) is 5.92 Å². The lowest BCUT2D eigenvalue weighted by Gasteiger charge is -2.36. The number of nitrogens with zero attached hydrogens (tertiary/aromatic N) is 1. The van der Waals surface area contributed by atoms with Gasteiger partial charge in [0.05, 0.1) is 26.7 Å². The van der Waals surface area contributed by atoms with Crippen molar-refractivity contribution in [2.75, 3.05) is 40.0 Å². The maximum Gasteiger partial charge on any atom is 0.310 e. The number of rotatable bonds is 12. The molecule has 214 valence electrons. The number of piperidine rings is 1. The zero-order chi connectivity index (χ0) is 28.5. The van der Waals surface area contributed by atoms with Gasteiger partial charge >= 0.3 is 5.97 Å². The molecule has 3 aromatic carbocycles. The summed E-state index contributed by atoms with van der Waals surface area (Å²) in [5.41, 5.74) is 2.41. The molecule has 1 unspecified atom stereocenters. The molecule has 1 fully saturated rings. The second kappa shape index (κ2) is 14.2. The van der Waals surface area contributed by atoms with E-state index in [4.69, 9.17) is 14.2 Å². The average molecular weight is 556 g/mol. The molecule has 0 N–H and O–H groups in total. The van der Waals surface area contributed by atoms with Crippen LogP contribution in [0.1, 0.15) is 48.8 Å². The van der Waals surface area contributed by atoms with Gasteiger partial charge in [0.2, 0.25) is 0 Å². The molecule has 1 atom stereocenters. The van der Waals surface area contributed by atoms with Crippen molar-refractivity contribution >= 4 is 5.97 Å². The molecule has 1 aliphatic heterocycles. The van der Waals surface area contributed by atoms with Crippen molar-refractivity contribution in [3.8, 4) is 11.5 Å². The van der Waals surface area contributed by atoms with E-state index < -0.39 is 11.6 Å². The molecule has 0 aliphatic carbocycles. The van der Waals surface area contributed by atoms with Crippen LogP contribution in [-0.4, -0.2) is 50.8 Å². The predicted molar refractivity (Wildman–Crippen MR) is 147 cm³/mol. The van der Waals surface area contributed by atoms with Gasteiger partial charge in [0, 0.05) is 12.5 Å². The van der Waals surface area contributed by atoms with E-state index in [1.54, 1.807) is 38.3 Å². The highest BCUT2D eigenvalue weighted by Gasteiger charge is 2.29. The summed E-state index contributed by atoms with van der Waals surface area (Å²) in [5.74, 6) is -1.06. The van der Waals surface area contributed by atoms with Crippen LogP contribution in [0.25, 0.3) is 0 Å². The van der Waals surface area contributed by atoms with Gasteiger partial charge in [0.15, 0.2) is 23.1 Å². The van der Waals surface area contributed by atoms with E-state index in [0.717, 1.165) is 50.0 Å². The van der Waals surface area contributed by atoms with Gasteiger partial charge in [-0.1, -0.05) is 24.3 Å². The van der Waals surface area contributed by atoms with Crippen molar-refractivity contribution < 1.29 is 32.2 Å². The molecule has 0 bridgehead atoms. The molecular formula is C32H36F3NO4. The van der Waals surface area contributed by atoms with Crippen LogP contribution in [0.2, 0.25) is 0 Å². The molecule has 5 nitrogen and oxygen atoms in total. The van der Waals surface area contributed by atoms with Crippen molar-refractivity contribution in [1.82, 2.24) is 4.90 Å². The molecule has 1 heterocycles. The van der Waals surface area contributed by atoms with Gasteiger partial charge in [-0.2, -0.15) is 0 Å². The first kappa shape index (κ1) is 29.5. The quantitative estimate of drug-likeness (QED) is 0.188. The van der Waals surface area contributed by atoms with E-state index in [2.05, 4.69) is 4.90 Å². The molecule has 8 heteroatoms. The smallest absolute Gasteiger partial charge is 0.310 e. The van der Waals surface area contributed by atoms with Crippen molar-refractivity contribution in [1.29, 1.82) is 0 Å². The first-order chi connectivity index (χ1) is 19.4. The number of halogens is 3. The fourth-order valence-corrected chi connectivity index (χ4v) is 5.41. The second-order valence-corrected chi connectivity index (χ2v) is 10.1. The predicted octanol–water partition coefficient (Wildman–Crippen LogP) is 6.53. The Morgan fingerprint density at radius 3 is 2.33 bits per heavy atom. The van der Waals surface area contributed by atoms with Gasteiger partial charge in [0.25, 0.3) is 0 Å². The van der Waals surface area contributed by atoms with Crippen LogP contribution in [0.3, 0.4) is 0 Å². The minimum atomic E-state index is -0.871. The van der Waals surface area contributed by atoms with E-state index in [0.29, 0.717) is 30.3 Å². The van der Waals surface area contributed by atoms with Gasteiger partial charge < -0.3 is 19.1 Å². The lowest BCUT2D eigenvalue weighted by molar-refractivity contribution is -0.142. The Hall–Kier alpha value is -3.52. The summed E-state index contributed by atoms with van der Waals surface area (Å²) in [5, 5.41) is 0. The zero-order valence-electron chi connectivity index (χ0n) is 23.0. The molecule has 0 amide bonds. The molecule has 40 heavy (non-hydrogen) atoms. The van der Waals surface area contributed by atoms with Crippen molar-refractivity contribution in [2.45, 2.75) is 38.5 Å². The standard InChI is InChI=1S/C32H36F3NO4/c1-3-39-31(37)20-22-5-12-29(30(19-22)38-2)40-18-4-15-36-16-13-24(14-17-36)32(23-6-9-26(33)10-7-23)25-8-11-27(34)28(35)21-25/h5-12,19,21,24,32H,3-4,13-18,20H2,1-2H3. The van der Waals surface area contributed by atoms with E-state index in [9.17, 15) is 18.0 Å². The number of esters is 1. The number of hydrogen-bond acceptors (Lipinski definition) is 5. The van der Waals surface area contributed by atoms with Gasteiger partial charge in [-0.05, 0) is 98.3 Å². The van der Waals surface area contributed by atoms with Crippen molar-refractivity contribution in [3.05, 3.63) is 94.8 Å². The average Bonchev–Trinajstić information content (AvgIpc) is 2.95. The fraction of sp³-hybridized carbons (Fsp3) is 0.406. The molecule has 0 aromatic heterocycles. The number of likely N-dealkylation sites (tertiary alicyclic amines) is 1. The summed E-state index contributed by atoms with van der Waals surface area (Å²) in [6.07, 6.45) is 2.77. The number of carbonyl (C=O) groups excluding carboxylic acids is 1. The summed E-state index contributed by atoms with van der Waals surface area (Å²) in [4.78, 5) is 14.1. The molecule has 0 radical (unpaired) electrons. The van der Waals surface area contributed by atoms with Crippen molar-refractivity contribution in [3.63, 3.8) is 0 Å². The highest BCUT2D eigenvalue weighted by atomic mass is 19.2. The Morgan fingerprint density at radius 2 is 1.65 bits per heavy atom. The van der Waals surface area contributed by atoms with E-state index in [1.807, 2.05) is 12.1 Å². The number of benzene rings is 3. The normalized spacial score (nSPS) is 15.0. The summed E-state index contributed by atoms with van der Waals surface area (Å²) in [7, 11) is 1.57. The van der Waals surface area contributed by atoms with Gasteiger partial charge in [-0.25, -0.2) is 13.2 Å². The van der Waals surface area contributed by atoms with Crippen LogP contribution in [-0.2, 0) is 16.0 Å². The maximum absolute atomic E-state index is 14.1. The van der Waals surface area contributed by atoms with E-state index >= 15 is 0 Å². The Balaban J connectivity index is 1.30. The molecule has 0 spiro atoms. The lowest BCUT2D eigenvalue weighted by Crippen LogP contribution is -2.37. The number of carbonyl (C=O) groups is 1. The first-order valence-electron chi connectivity index (χ1n) is 13.8. The largest absolute Gasteiger partial charge is 0.493 e. The Labute approximate surface area is 233 Å². The summed E-state index contributed by atoms with van der Waals surface area (Å²) >= 11 is 0. The molecule has 4 rings (SSSR count).